The lowest BCUT2D eigenvalue weighted by molar-refractivity contribution is 0.628. The largest absolute Gasteiger partial charge is 0.355 e. The predicted molar refractivity (Wildman–Crippen MR) is 65.6 cm³/mol. The Morgan fingerprint density at radius 2 is 1.44 bits per heavy atom. The fourth-order valence-corrected chi connectivity index (χ4v) is 1.69. The maximum atomic E-state index is 12.8. The molecule has 0 aliphatic heterocycles. The standard InChI is InChI=1S/C14H14FN/c1-10-4-3-5-11(2)14(10)16-13-8-6-12(15)7-9-13/h3-9,16H,1-2H3. The fourth-order valence-electron chi connectivity index (χ4n) is 1.69. The minimum Gasteiger partial charge on any atom is -0.355 e. The molecular formula is C14H14FN. The first-order valence-electron chi connectivity index (χ1n) is 5.25. The molecule has 0 bridgehead atoms. The van der Waals surface area contributed by atoms with Crippen LogP contribution in [0.1, 0.15) is 11.1 Å². The summed E-state index contributed by atoms with van der Waals surface area (Å²) < 4.78 is 12.8. The number of rotatable bonds is 2. The molecule has 0 atom stereocenters. The summed E-state index contributed by atoms with van der Waals surface area (Å²) in [4.78, 5) is 0. The smallest absolute Gasteiger partial charge is 0.123 e. The monoisotopic (exact) mass is 215 g/mol. The van der Waals surface area contributed by atoms with Gasteiger partial charge >= 0.3 is 0 Å². The van der Waals surface area contributed by atoms with Crippen LogP contribution in [0.15, 0.2) is 42.5 Å². The number of para-hydroxylation sites is 1. The third kappa shape index (κ3) is 2.22. The van der Waals surface area contributed by atoms with Gasteiger partial charge in [0.1, 0.15) is 5.82 Å². The lowest BCUT2D eigenvalue weighted by Crippen LogP contribution is -1.95. The van der Waals surface area contributed by atoms with Gasteiger partial charge in [-0.3, -0.25) is 0 Å². The summed E-state index contributed by atoms with van der Waals surface area (Å²) >= 11 is 0. The van der Waals surface area contributed by atoms with Crippen molar-refractivity contribution in [2.75, 3.05) is 5.32 Å². The number of halogens is 1. The second kappa shape index (κ2) is 4.35. The van der Waals surface area contributed by atoms with Crippen molar-refractivity contribution < 1.29 is 4.39 Å². The van der Waals surface area contributed by atoms with Gasteiger partial charge in [0.2, 0.25) is 0 Å². The van der Waals surface area contributed by atoms with Gasteiger partial charge in [-0.25, -0.2) is 4.39 Å². The van der Waals surface area contributed by atoms with Gasteiger partial charge in [-0.1, -0.05) is 18.2 Å². The van der Waals surface area contributed by atoms with Gasteiger partial charge in [0.15, 0.2) is 0 Å². The van der Waals surface area contributed by atoms with Crippen LogP contribution in [0.4, 0.5) is 15.8 Å². The number of hydrogen-bond donors (Lipinski definition) is 1. The van der Waals surface area contributed by atoms with Gasteiger partial charge in [0.05, 0.1) is 0 Å². The summed E-state index contributed by atoms with van der Waals surface area (Å²) in [5.74, 6) is -0.216. The second-order valence-electron chi connectivity index (χ2n) is 3.90. The maximum absolute atomic E-state index is 12.8. The molecule has 2 rings (SSSR count). The first kappa shape index (κ1) is 10.7. The van der Waals surface area contributed by atoms with Gasteiger partial charge < -0.3 is 5.32 Å². The van der Waals surface area contributed by atoms with Crippen LogP contribution < -0.4 is 5.32 Å². The number of aryl methyl sites for hydroxylation is 2. The third-order valence-electron chi connectivity index (χ3n) is 2.59. The van der Waals surface area contributed by atoms with Gasteiger partial charge in [-0.05, 0) is 49.2 Å². The normalized spacial score (nSPS) is 10.2. The van der Waals surface area contributed by atoms with Crippen molar-refractivity contribution in [3.05, 3.63) is 59.4 Å². The maximum Gasteiger partial charge on any atom is 0.123 e. The zero-order valence-corrected chi connectivity index (χ0v) is 9.42. The molecule has 0 aliphatic carbocycles. The molecule has 0 saturated heterocycles. The van der Waals surface area contributed by atoms with Crippen molar-refractivity contribution in [3.63, 3.8) is 0 Å². The molecule has 0 saturated carbocycles. The molecule has 1 nitrogen and oxygen atoms in total. The second-order valence-corrected chi connectivity index (χ2v) is 3.90. The summed E-state index contributed by atoms with van der Waals surface area (Å²) in [5.41, 5.74) is 4.36. The molecule has 1 N–H and O–H groups in total. The third-order valence-corrected chi connectivity index (χ3v) is 2.59. The molecule has 2 aromatic rings. The molecule has 0 amide bonds. The Hall–Kier alpha value is -1.83. The Balaban J connectivity index is 2.30. The highest BCUT2D eigenvalue weighted by Crippen LogP contribution is 2.24. The molecule has 16 heavy (non-hydrogen) atoms. The highest BCUT2D eigenvalue weighted by atomic mass is 19.1. The van der Waals surface area contributed by atoms with Gasteiger partial charge in [0, 0.05) is 11.4 Å². The van der Waals surface area contributed by atoms with Crippen molar-refractivity contribution in [1.29, 1.82) is 0 Å². The van der Waals surface area contributed by atoms with Crippen LogP contribution in [0.3, 0.4) is 0 Å². The summed E-state index contributed by atoms with van der Waals surface area (Å²) in [6, 6.07) is 12.5. The SMILES string of the molecule is Cc1cccc(C)c1Nc1ccc(F)cc1. The summed E-state index contributed by atoms with van der Waals surface area (Å²) in [6.07, 6.45) is 0. The van der Waals surface area contributed by atoms with Crippen LogP contribution in [-0.2, 0) is 0 Å². The van der Waals surface area contributed by atoms with Crippen LogP contribution in [0.25, 0.3) is 0 Å². The number of benzene rings is 2. The van der Waals surface area contributed by atoms with Crippen molar-refractivity contribution in [1.82, 2.24) is 0 Å². The van der Waals surface area contributed by atoms with Gasteiger partial charge in [0.25, 0.3) is 0 Å². The molecule has 0 aliphatic rings. The lowest BCUT2D eigenvalue weighted by atomic mass is 10.1. The highest BCUT2D eigenvalue weighted by Gasteiger charge is 2.01. The van der Waals surface area contributed by atoms with E-state index < -0.39 is 0 Å². The Kier molecular flexibility index (Phi) is 2.91. The van der Waals surface area contributed by atoms with E-state index in [1.54, 1.807) is 12.1 Å². The Labute approximate surface area is 94.9 Å². The molecule has 0 spiro atoms. The number of hydrogen-bond acceptors (Lipinski definition) is 1. The first-order chi connectivity index (χ1) is 7.66. The zero-order valence-electron chi connectivity index (χ0n) is 9.42. The minimum atomic E-state index is -0.216. The zero-order chi connectivity index (χ0) is 11.5. The van der Waals surface area contributed by atoms with Crippen LogP contribution in [0.2, 0.25) is 0 Å². The van der Waals surface area contributed by atoms with Crippen LogP contribution in [0.5, 0.6) is 0 Å². The Morgan fingerprint density at radius 3 is 2.00 bits per heavy atom. The molecular weight excluding hydrogens is 201 g/mol. The van der Waals surface area contributed by atoms with Crippen LogP contribution in [-0.4, -0.2) is 0 Å². The number of anilines is 2. The van der Waals surface area contributed by atoms with E-state index in [1.165, 1.54) is 23.3 Å². The average Bonchev–Trinajstić information content (AvgIpc) is 2.26. The molecule has 0 heterocycles. The molecule has 2 heteroatoms. The highest BCUT2D eigenvalue weighted by molar-refractivity contribution is 5.66. The predicted octanol–water partition coefficient (Wildman–Crippen LogP) is 4.19. The van der Waals surface area contributed by atoms with E-state index in [4.69, 9.17) is 0 Å². The molecule has 2 aromatic carbocycles. The summed E-state index contributed by atoms with van der Waals surface area (Å²) in [7, 11) is 0. The van der Waals surface area contributed by atoms with E-state index in [9.17, 15) is 4.39 Å². The molecule has 0 fully saturated rings. The van der Waals surface area contributed by atoms with Gasteiger partial charge in [-0.15, -0.1) is 0 Å². The molecule has 0 radical (unpaired) electrons. The average molecular weight is 215 g/mol. The lowest BCUT2D eigenvalue weighted by Gasteiger charge is -2.12. The molecule has 0 aromatic heterocycles. The van der Waals surface area contributed by atoms with E-state index in [0.29, 0.717) is 0 Å². The van der Waals surface area contributed by atoms with Gasteiger partial charge in [-0.2, -0.15) is 0 Å². The van der Waals surface area contributed by atoms with Crippen LogP contribution in [0, 0.1) is 19.7 Å². The van der Waals surface area contributed by atoms with Crippen molar-refractivity contribution in [3.8, 4) is 0 Å². The van der Waals surface area contributed by atoms with Crippen molar-refractivity contribution >= 4 is 11.4 Å². The summed E-state index contributed by atoms with van der Waals surface area (Å²) in [6.45, 7) is 4.11. The van der Waals surface area contributed by atoms with E-state index in [-0.39, 0.29) is 5.82 Å². The Morgan fingerprint density at radius 1 is 0.875 bits per heavy atom. The molecule has 82 valence electrons. The fraction of sp³-hybridized carbons (Fsp3) is 0.143. The van der Waals surface area contributed by atoms with Crippen molar-refractivity contribution in [2.24, 2.45) is 0 Å². The topological polar surface area (TPSA) is 12.0 Å². The quantitative estimate of drug-likeness (QED) is 0.792. The van der Waals surface area contributed by atoms with E-state index >= 15 is 0 Å². The first-order valence-corrected chi connectivity index (χ1v) is 5.25. The van der Waals surface area contributed by atoms with E-state index in [2.05, 4.69) is 31.3 Å². The minimum absolute atomic E-state index is 0.216. The number of nitrogens with one attached hydrogen (secondary N) is 1. The van der Waals surface area contributed by atoms with E-state index in [0.717, 1.165) is 11.4 Å². The summed E-state index contributed by atoms with van der Waals surface area (Å²) in [5, 5.41) is 3.30. The van der Waals surface area contributed by atoms with Crippen LogP contribution >= 0.6 is 0 Å². The molecule has 0 unspecified atom stereocenters. The Bertz CT molecular complexity index is 468. The van der Waals surface area contributed by atoms with E-state index in [1.807, 2.05) is 6.07 Å². The van der Waals surface area contributed by atoms with Crippen molar-refractivity contribution in [2.45, 2.75) is 13.8 Å².